The zero-order chi connectivity index (χ0) is 24.1. The number of fused-ring (bicyclic) bond motifs is 1. The number of para-hydroxylation sites is 1. The zero-order valence-electron chi connectivity index (χ0n) is 17.5. The number of carbonyl (C=O) groups is 2. The molecule has 4 aromatic rings. The van der Waals surface area contributed by atoms with E-state index in [0.29, 0.717) is 16.7 Å². The molecule has 0 bridgehead atoms. The predicted molar refractivity (Wildman–Crippen MR) is 119 cm³/mol. The third-order valence-electron chi connectivity index (χ3n) is 4.71. The van der Waals surface area contributed by atoms with Gasteiger partial charge in [0.15, 0.2) is 6.61 Å². The number of rotatable bonds is 8. The maximum atomic E-state index is 12.4. The smallest absolute Gasteiger partial charge is 0.338 e. The second-order valence-corrected chi connectivity index (χ2v) is 8.73. The summed E-state index contributed by atoms with van der Waals surface area (Å²) >= 11 is 0. The van der Waals surface area contributed by atoms with Gasteiger partial charge in [0.2, 0.25) is 15.8 Å². The number of hydrogen-bond donors (Lipinski definition) is 2. The van der Waals surface area contributed by atoms with Crippen molar-refractivity contribution in [2.24, 2.45) is 0 Å². The maximum Gasteiger partial charge on any atom is 0.338 e. The number of nitrogens with zero attached hydrogens (tertiary/aromatic N) is 1. The summed E-state index contributed by atoms with van der Waals surface area (Å²) < 4.78 is 42.6. The molecule has 2 aromatic heterocycles. The van der Waals surface area contributed by atoms with Crippen LogP contribution in [0.3, 0.4) is 0 Å². The van der Waals surface area contributed by atoms with Gasteiger partial charge in [0, 0.05) is 5.39 Å². The molecule has 1 amide bonds. The molecule has 0 unspecified atom stereocenters. The van der Waals surface area contributed by atoms with Gasteiger partial charge in [0.05, 0.1) is 23.3 Å². The molecule has 2 N–H and O–H groups in total. The van der Waals surface area contributed by atoms with Crippen LogP contribution in [-0.2, 0) is 26.1 Å². The van der Waals surface area contributed by atoms with E-state index < -0.39 is 28.5 Å². The van der Waals surface area contributed by atoms with E-state index in [1.54, 1.807) is 36.4 Å². The van der Waals surface area contributed by atoms with Crippen LogP contribution in [0.5, 0.6) is 0 Å². The predicted octanol–water partition coefficient (Wildman–Crippen LogP) is 3.17. The highest BCUT2D eigenvalue weighted by Crippen LogP contribution is 2.30. The maximum absolute atomic E-state index is 12.4. The number of ether oxygens (including phenoxy) is 1. The number of carbonyl (C=O) groups excluding carboxylic acids is 2. The molecular weight excluding hydrogens is 462 g/mol. The minimum atomic E-state index is -3.82. The topological polar surface area (TPSA) is 152 Å². The highest BCUT2D eigenvalue weighted by atomic mass is 32.2. The molecule has 0 fully saturated rings. The van der Waals surface area contributed by atoms with Crippen molar-refractivity contribution in [3.63, 3.8) is 0 Å². The van der Waals surface area contributed by atoms with E-state index >= 15 is 0 Å². The summed E-state index contributed by atoms with van der Waals surface area (Å²) in [5, 5.41) is 12.3. The summed E-state index contributed by atoms with van der Waals surface area (Å²) in [6.45, 7) is -0.637. The van der Waals surface area contributed by atoms with Gasteiger partial charge in [0.1, 0.15) is 23.1 Å². The molecule has 0 aliphatic carbocycles. The van der Waals surface area contributed by atoms with E-state index in [1.165, 1.54) is 30.5 Å². The Morgan fingerprint density at radius 3 is 2.50 bits per heavy atom. The number of anilines is 1. The third-order valence-corrected chi connectivity index (χ3v) is 6.13. The molecule has 11 heteroatoms. The lowest BCUT2D eigenvalue weighted by Crippen LogP contribution is -2.23. The minimum Gasteiger partial charge on any atom is -0.468 e. The van der Waals surface area contributed by atoms with E-state index in [2.05, 4.69) is 10.0 Å². The van der Waals surface area contributed by atoms with Gasteiger partial charge in [0.25, 0.3) is 5.91 Å². The number of esters is 1. The molecule has 2 aromatic carbocycles. The Kier molecular flexibility index (Phi) is 6.44. The average molecular weight is 479 g/mol. The van der Waals surface area contributed by atoms with Crippen molar-refractivity contribution >= 4 is 38.6 Å². The number of benzene rings is 2. The molecule has 4 rings (SSSR count). The van der Waals surface area contributed by atoms with Crippen LogP contribution in [0.2, 0.25) is 0 Å². The Labute approximate surface area is 193 Å². The van der Waals surface area contributed by atoms with Crippen molar-refractivity contribution in [1.29, 1.82) is 5.26 Å². The molecule has 0 saturated heterocycles. The highest BCUT2D eigenvalue weighted by molar-refractivity contribution is 7.89. The van der Waals surface area contributed by atoms with Gasteiger partial charge in [-0.05, 0) is 48.5 Å². The van der Waals surface area contributed by atoms with E-state index in [1.807, 2.05) is 6.07 Å². The molecule has 34 heavy (non-hydrogen) atoms. The first-order valence-corrected chi connectivity index (χ1v) is 11.4. The van der Waals surface area contributed by atoms with Gasteiger partial charge in [-0.15, -0.1) is 0 Å². The monoisotopic (exact) mass is 479 g/mol. The Balaban J connectivity index is 1.35. The first-order chi connectivity index (χ1) is 16.4. The Bertz CT molecular complexity index is 1480. The summed E-state index contributed by atoms with van der Waals surface area (Å²) in [5.74, 6) is -1.11. The van der Waals surface area contributed by atoms with Crippen molar-refractivity contribution in [1.82, 2.24) is 4.72 Å². The Hall–Kier alpha value is -4.40. The molecule has 10 nitrogen and oxygen atoms in total. The quantitative estimate of drug-likeness (QED) is 0.366. The molecule has 0 atom stereocenters. The van der Waals surface area contributed by atoms with Crippen LogP contribution in [-0.4, -0.2) is 26.9 Å². The van der Waals surface area contributed by atoms with Gasteiger partial charge in [-0.25, -0.2) is 17.9 Å². The lowest BCUT2D eigenvalue weighted by molar-refractivity contribution is -0.119. The largest absolute Gasteiger partial charge is 0.468 e. The first kappa shape index (κ1) is 22.8. The summed E-state index contributed by atoms with van der Waals surface area (Å²) in [4.78, 5) is 24.5. The minimum absolute atomic E-state index is 0.0201. The first-order valence-electron chi connectivity index (χ1n) is 9.88. The van der Waals surface area contributed by atoms with E-state index in [9.17, 15) is 23.3 Å². The van der Waals surface area contributed by atoms with Gasteiger partial charge in [-0.3, -0.25) is 4.79 Å². The van der Waals surface area contributed by atoms with E-state index in [4.69, 9.17) is 13.6 Å². The van der Waals surface area contributed by atoms with Gasteiger partial charge in [-0.1, -0.05) is 12.1 Å². The van der Waals surface area contributed by atoms with Crippen LogP contribution in [0.15, 0.2) is 80.7 Å². The van der Waals surface area contributed by atoms with Crippen molar-refractivity contribution in [2.45, 2.75) is 11.4 Å². The number of hydrogen-bond acceptors (Lipinski definition) is 8. The third kappa shape index (κ3) is 4.98. The summed E-state index contributed by atoms with van der Waals surface area (Å²) in [7, 11) is -3.82. The molecule has 0 spiro atoms. The van der Waals surface area contributed by atoms with E-state index in [0.717, 1.165) is 0 Å². The lowest BCUT2D eigenvalue weighted by atomic mass is 10.2. The molecule has 2 heterocycles. The molecule has 0 aliphatic rings. The fourth-order valence-electron chi connectivity index (χ4n) is 3.07. The highest BCUT2D eigenvalue weighted by Gasteiger charge is 2.19. The van der Waals surface area contributed by atoms with Crippen molar-refractivity contribution in [2.75, 3.05) is 11.9 Å². The molecule has 0 saturated carbocycles. The number of nitriles is 1. The van der Waals surface area contributed by atoms with Crippen LogP contribution in [0.1, 0.15) is 21.9 Å². The number of furan rings is 2. The Morgan fingerprint density at radius 2 is 1.79 bits per heavy atom. The number of nitrogens with one attached hydrogen (secondary N) is 2. The van der Waals surface area contributed by atoms with Crippen LogP contribution in [0.25, 0.3) is 11.0 Å². The molecular formula is C23H17N3O7S. The fourth-order valence-corrected chi connectivity index (χ4v) is 4.06. The summed E-state index contributed by atoms with van der Waals surface area (Å²) in [6.07, 6.45) is 1.43. The second-order valence-electron chi connectivity index (χ2n) is 6.97. The second kappa shape index (κ2) is 9.62. The zero-order valence-corrected chi connectivity index (χ0v) is 18.3. The summed E-state index contributed by atoms with van der Waals surface area (Å²) in [5.41, 5.74) is 0.681. The number of amides is 1. The van der Waals surface area contributed by atoms with Crippen LogP contribution >= 0.6 is 0 Å². The van der Waals surface area contributed by atoms with Crippen LogP contribution in [0, 0.1) is 11.3 Å². The van der Waals surface area contributed by atoms with Crippen molar-refractivity contribution in [3.8, 4) is 6.07 Å². The Morgan fingerprint density at radius 1 is 1.03 bits per heavy atom. The fraction of sp³-hybridized carbons (Fsp3) is 0.0870. The standard InChI is InChI=1S/C23H17N3O7S/c24-12-20-22(18-5-1-2-6-19(18)33-20)26-21(27)14-32-23(28)15-7-9-17(10-8-15)34(29,30)25-13-16-4-3-11-31-16/h1-11,25H,13-14H2,(H,26,27). The van der Waals surface area contributed by atoms with Crippen molar-refractivity contribution < 1.29 is 31.6 Å². The normalized spacial score (nSPS) is 11.1. The van der Waals surface area contributed by atoms with Gasteiger partial charge >= 0.3 is 5.97 Å². The van der Waals surface area contributed by atoms with Crippen molar-refractivity contribution in [3.05, 3.63) is 84.0 Å². The van der Waals surface area contributed by atoms with Crippen LogP contribution in [0.4, 0.5) is 5.69 Å². The van der Waals surface area contributed by atoms with Gasteiger partial charge < -0.3 is 18.9 Å². The SMILES string of the molecule is N#Cc1oc2ccccc2c1NC(=O)COC(=O)c1ccc(S(=O)(=O)NCc2ccco2)cc1. The molecule has 0 aliphatic heterocycles. The molecule has 0 radical (unpaired) electrons. The average Bonchev–Trinajstić information content (AvgIpc) is 3.49. The van der Waals surface area contributed by atoms with Crippen LogP contribution < -0.4 is 10.0 Å². The number of sulfonamides is 1. The summed E-state index contributed by atoms with van der Waals surface area (Å²) in [6, 6.07) is 17.0. The van der Waals surface area contributed by atoms with Gasteiger partial charge in [-0.2, -0.15) is 5.26 Å². The van der Waals surface area contributed by atoms with E-state index in [-0.39, 0.29) is 28.5 Å². The lowest BCUT2D eigenvalue weighted by Gasteiger charge is -2.08. The molecule has 172 valence electrons.